The predicted octanol–water partition coefficient (Wildman–Crippen LogP) is 7.94. The molecule has 0 atom stereocenters. The van der Waals surface area contributed by atoms with Gasteiger partial charge in [0.2, 0.25) is 23.7 Å². The van der Waals surface area contributed by atoms with E-state index in [0.717, 1.165) is 33.9 Å². The van der Waals surface area contributed by atoms with Crippen molar-refractivity contribution in [2.24, 2.45) is 0 Å². The first-order chi connectivity index (χ1) is 40.2. The first-order valence-electron chi connectivity index (χ1n) is 25.6. The first kappa shape index (κ1) is 63.5. The van der Waals surface area contributed by atoms with Crippen LogP contribution in [-0.2, 0) is 30.0 Å². The molecule has 0 fully saturated rings. The predicted molar refractivity (Wildman–Crippen MR) is 320 cm³/mol. The minimum atomic E-state index is -4.78. The van der Waals surface area contributed by atoms with Gasteiger partial charge in [0, 0.05) is 76.9 Å². The maximum Gasteiger partial charge on any atom is 0.407 e. The van der Waals surface area contributed by atoms with Crippen LogP contribution in [0.1, 0.15) is 0 Å². The number of benzene rings is 4. The second kappa shape index (κ2) is 26.7. The Balaban J connectivity index is 0.000000244. The van der Waals surface area contributed by atoms with Crippen LogP contribution >= 0.6 is 0 Å². The summed E-state index contributed by atoms with van der Waals surface area (Å²) in [4.78, 5) is 49.5. The zero-order chi connectivity index (χ0) is 62.1. The van der Waals surface area contributed by atoms with Crippen molar-refractivity contribution in [2.75, 3.05) is 144 Å². The van der Waals surface area contributed by atoms with Crippen molar-refractivity contribution < 1.29 is 57.9 Å². The molecule has 2 aliphatic rings. The van der Waals surface area contributed by atoms with E-state index in [4.69, 9.17) is 9.47 Å². The van der Waals surface area contributed by atoms with E-state index in [2.05, 4.69) is 54.4 Å². The number of fused-ring (bicyclic) bond motifs is 2. The van der Waals surface area contributed by atoms with Crippen LogP contribution in [0.2, 0.25) is 0 Å². The molecule has 2 aliphatic heterocycles. The average Bonchev–Trinajstić information content (AvgIpc) is 1.76. The molecule has 0 aliphatic carbocycles. The Bertz CT molecular complexity index is 3660. The van der Waals surface area contributed by atoms with E-state index in [1.165, 1.54) is 75.1 Å². The highest BCUT2D eigenvalue weighted by Crippen LogP contribution is 2.48. The fourth-order valence-electron chi connectivity index (χ4n) is 8.62. The van der Waals surface area contributed by atoms with Crippen molar-refractivity contribution in [1.29, 1.82) is 0 Å². The van der Waals surface area contributed by atoms with Gasteiger partial charge in [-0.25, -0.2) is 36.0 Å². The van der Waals surface area contributed by atoms with Crippen molar-refractivity contribution in [3.63, 3.8) is 0 Å². The summed E-state index contributed by atoms with van der Waals surface area (Å²) in [5, 5.41) is 11.6. The zero-order valence-electron chi connectivity index (χ0n) is 47.5. The van der Waals surface area contributed by atoms with Crippen LogP contribution < -0.4 is 57.8 Å². The van der Waals surface area contributed by atoms with E-state index in [1.54, 1.807) is 36.4 Å². The highest BCUT2D eigenvalue weighted by molar-refractivity contribution is 7.95. The minimum Gasteiger partial charge on any atom is -0.494 e. The van der Waals surface area contributed by atoms with Gasteiger partial charge in [-0.1, -0.05) is 37.4 Å². The number of amides is 2. The number of methoxy groups -OCH3 is 2. The summed E-state index contributed by atoms with van der Waals surface area (Å²) in [6, 6.07) is 21.1. The Morgan fingerprint density at radius 1 is 0.600 bits per heavy atom. The lowest BCUT2D eigenvalue weighted by atomic mass is 10.2. The van der Waals surface area contributed by atoms with Gasteiger partial charge in [-0.3, -0.25) is 9.59 Å². The average molecular weight is 1220 g/mol. The molecule has 0 bridgehead atoms. The Labute approximate surface area is 489 Å². The summed E-state index contributed by atoms with van der Waals surface area (Å²) in [6.45, 7) is 7.08. The van der Waals surface area contributed by atoms with E-state index in [-0.39, 0.29) is 46.3 Å². The molecule has 85 heavy (non-hydrogen) atoms. The molecule has 2 aromatic heterocycles. The molecule has 0 radical (unpaired) electrons. The van der Waals surface area contributed by atoms with Crippen LogP contribution in [0.4, 0.5) is 102 Å². The molecule has 24 nitrogen and oxygen atoms in total. The number of nitrogens with zero attached hydrogens (tertiary/aromatic N) is 12. The molecule has 0 unspecified atom stereocenters. The summed E-state index contributed by atoms with van der Waals surface area (Å²) in [5.41, 5.74) is 3.09. The second-order valence-corrected chi connectivity index (χ2v) is 22.7. The summed E-state index contributed by atoms with van der Waals surface area (Å²) in [5.74, 6) is -0.434. The smallest absolute Gasteiger partial charge is 0.407 e. The molecule has 0 saturated carbocycles. The quantitative estimate of drug-likeness (QED) is 0.0351. The number of rotatable bonds is 23. The molecular formula is C54H63F5N16O8S2. The van der Waals surface area contributed by atoms with E-state index < -0.39 is 57.9 Å². The number of para-hydroxylation sites is 4. The number of ether oxygens (including phenoxy) is 2. The van der Waals surface area contributed by atoms with Gasteiger partial charge in [-0.05, 0) is 76.7 Å². The zero-order valence-corrected chi connectivity index (χ0v) is 49.1. The monoisotopic (exact) mass is 1220 g/mol. The number of likely N-dealkylation sites (N-methyl/N-ethyl adjacent to an activating group) is 4. The lowest BCUT2D eigenvalue weighted by molar-refractivity contribution is -0.117. The summed E-state index contributed by atoms with van der Waals surface area (Å²) in [6.07, 6.45) is -2.77. The fraction of sp³-hybridized carbons (Fsp3) is 0.296. The van der Waals surface area contributed by atoms with Gasteiger partial charge in [0.1, 0.15) is 18.0 Å². The van der Waals surface area contributed by atoms with Crippen molar-refractivity contribution in [3.05, 3.63) is 123 Å². The maximum absolute atomic E-state index is 13.4. The van der Waals surface area contributed by atoms with E-state index >= 15 is 0 Å². The highest BCUT2D eigenvalue weighted by Gasteiger charge is 2.47. The first-order valence-corrected chi connectivity index (χ1v) is 28.4. The van der Waals surface area contributed by atoms with Crippen LogP contribution in [0.15, 0.2) is 123 Å². The Kier molecular flexibility index (Phi) is 19.9. The number of halogens is 5. The van der Waals surface area contributed by atoms with E-state index in [0.29, 0.717) is 67.3 Å². The lowest BCUT2D eigenvalue weighted by Crippen LogP contribution is -2.41. The summed E-state index contributed by atoms with van der Waals surface area (Å²) >= 11 is 0. The Hall–Kier alpha value is -9.07. The van der Waals surface area contributed by atoms with Crippen molar-refractivity contribution >= 4 is 113 Å². The molecule has 4 aromatic carbocycles. The molecule has 2 amide bonds. The molecule has 8 rings (SSSR count). The Morgan fingerprint density at radius 3 is 1.35 bits per heavy atom. The third-order valence-electron chi connectivity index (χ3n) is 12.7. The number of anilines is 14. The van der Waals surface area contributed by atoms with Crippen molar-refractivity contribution in [3.8, 4) is 11.5 Å². The number of hydrogen-bond donors (Lipinski definition) is 4. The summed E-state index contributed by atoms with van der Waals surface area (Å²) in [7, 11) is 5.37. The number of hydrogen-bond acceptors (Lipinski definition) is 18. The molecule has 0 spiro atoms. The van der Waals surface area contributed by atoms with Crippen molar-refractivity contribution in [2.45, 2.75) is 12.6 Å². The van der Waals surface area contributed by atoms with Crippen molar-refractivity contribution in [1.82, 2.24) is 29.7 Å². The number of carbonyl (C=O) groups excluding carboxylic acids is 2. The molecule has 31 heteroatoms. The number of alkyl halides is 5. The van der Waals surface area contributed by atoms with Gasteiger partial charge in [0.25, 0.3) is 6.43 Å². The normalized spacial score (nSPS) is 13.8. The molecule has 454 valence electrons. The largest absolute Gasteiger partial charge is 0.494 e. The summed E-state index contributed by atoms with van der Waals surface area (Å²) < 4.78 is 134. The van der Waals surface area contributed by atoms with Gasteiger partial charge in [0.15, 0.2) is 11.6 Å². The molecule has 0 saturated heterocycles. The second-order valence-electron chi connectivity index (χ2n) is 19.3. The number of aromatic nitrogens is 4. The van der Waals surface area contributed by atoms with Gasteiger partial charge in [-0.15, -0.1) is 0 Å². The SMILES string of the molecule is C=CC(=O)Nc1cc(Nc2nccc(N3c4ccccc4N(CC(F)(F)F)S3(=O)=O)n2)c(OC)cc1N(C)CCN(C)C.C=CC(=O)Nc1cc(Nc2nccc(N3c4ccccc4N(CC(F)F)S3(=O)=O)n2)c(OC)cc1N(C)CCN(C)C. The number of carbonyl (C=O) groups is 2. The Morgan fingerprint density at radius 2 is 0.988 bits per heavy atom. The van der Waals surface area contributed by atoms with Gasteiger partial charge in [0.05, 0.1) is 77.6 Å². The lowest BCUT2D eigenvalue weighted by Gasteiger charge is -2.26. The van der Waals surface area contributed by atoms with Crippen LogP contribution in [0.5, 0.6) is 11.5 Å². The standard InChI is InChI=1S/C27H31F3N8O4S.C27H32F2N8O4S/c1-6-25(39)32-18-15-19(23(42-5)16-22(18)36(4)14-13-35(2)3)33-26-31-12-11-24(34-26)38-21-10-8-7-9-20(21)37(43(38,40)41)17-27(28,29)30;1-6-26(38)31-18-15-19(23(41-5)16-22(18)35(4)14-13-34(2)3)32-27-30-12-11-25(33-27)37-21-10-8-7-9-20(21)36(17-24(28)29)42(37,39)40/h6-12,15-16H,1,13-14,17H2,2-5H3,(H,32,39)(H,31,33,34);6-12,15-16,24H,1,13-14,17H2,2-5H3,(H,31,38)(H,30,32,33). The van der Waals surface area contributed by atoms with Gasteiger partial charge >= 0.3 is 26.6 Å². The van der Waals surface area contributed by atoms with E-state index in [1.807, 2.05) is 61.9 Å². The van der Waals surface area contributed by atoms with E-state index in [9.17, 15) is 48.4 Å². The molecule has 4 heterocycles. The third-order valence-corrected chi connectivity index (χ3v) is 16.2. The van der Waals surface area contributed by atoms with Gasteiger partial charge in [-0.2, -0.15) is 40.0 Å². The van der Waals surface area contributed by atoms with Crippen LogP contribution in [-0.4, -0.2) is 167 Å². The molecule has 6 aromatic rings. The minimum absolute atomic E-state index is 0.000463. The molecule has 4 N–H and O–H groups in total. The van der Waals surface area contributed by atoms with Crippen LogP contribution in [0.3, 0.4) is 0 Å². The number of nitrogens with one attached hydrogen (secondary N) is 4. The molecular weight excluding hydrogens is 1160 g/mol. The van der Waals surface area contributed by atoms with Crippen LogP contribution in [0, 0.1) is 0 Å². The maximum atomic E-state index is 13.4. The van der Waals surface area contributed by atoms with Crippen LogP contribution in [0.25, 0.3) is 0 Å². The highest BCUT2D eigenvalue weighted by atomic mass is 32.2. The van der Waals surface area contributed by atoms with Gasteiger partial charge < -0.3 is 50.3 Å². The fourth-order valence-corrected chi connectivity index (χ4v) is 11.9. The third kappa shape index (κ3) is 14.8. The topological polar surface area (TPSA) is 246 Å².